The molecule has 3 heteroatoms. The zero-order valence-electron chi connectivity index (χ0n) is 11.0. The maximum atomic E-state index is 12.0. The molecule has 0 saturated heterocycles. The Morgan fingerprint density at radius 3 is 2.53 bits per heavy atom. The van der Waals surface area contributed by atoms with E-state index in [1.165, 1.54) is 0 Å². The van der Waals surface area contributed by atoms with Crippen LogP contribution in [-0.2, 0) is 0 Å². The van der Waals surface area contributed by atoms with E-state index in [0.717, 1.165) is 10.6 Å². The number of allylic oxidation sites excluding steroid dienone is 1. The highest BCUT2D eigenvalue weighted by molar-refractivity contribution is 7.10. The Balaban J connectivity index is 2.03. The van der Waals surface area contributed by atoms with Crippen molar-refractivity contribution in [3.63, 3.8) is 0 Å². The van der Waals surface area contributed by atoms with E-state index >= 15 is 0 Å². The van der Waals surface area contributed by atoms with Crippen LogP contribution >= 0.6 is 11.3 Å². The van der Waals surface area contributed by atoms with Crippen molar-refractivity contribution in [1.29, 1.82) is 0 Å². The molecule has 1 heterocycles. The molecular weight excluding hydrogens is 256 g/mol. The van der Waals surface area contributed by atoms with Crippen LogP contribution in [0.25, 0.3) is 6.08 Å². The molecule has 0 radical (unpaired) electrons. The lowest BCUT2D eigenvalue weighted by atomic mass is 10.1. The smallest absolute Gasteiger partial charge is 0.185 e. The molecule has 1 aromatic heterocycles. The molecule has 2 nitrogen and oxygen atoms in total. The van der Waals surface area contributed by atoms with Gasteiger partial charge >= 0.3 is 0 Å². The van der Waals surface area contributed by atoms with Crippen molar-refractivity contribution in [2.24, 2.45) is 0 Å². The molecule has 0 aliphatic carbocycles. The molecule has 2 rings (SSSR count). The summed E-state index contributed by atoms with van der Waals surface area (Å²) in [4.78, 5) is 13.0. The van der Waals surface area contributed by atoms with Gasteiger partial charge in [-0.1, -0.05) is 6.07 Å². The quantitative estimate of drug-likeness (QED) is 0.594. The maximum absolute atomic E-state index is 12.0. The van der Waals surface area contributed by atoms with Crippen molar-refractivity contribution in [3.8, 4) is 5.75 Å². The van der Waals surface area contributed by atoms with Crippen LogP contribution in [0.3, 0.4) is 0 Å². The first-order chi connectivity index (χ1) is 9.15. The summed E-state index contributed by atoms with van der Waals surface area (Å²) >= 11 is 1.61. The molecule has 0 unspecified atom stereocenters. The topological polar surface area (TPSA) is 26.3 Å². The molecule has 2 aromatic rings. The molecular formula is C16H16O2S. The lowest BCUT2D eigenvalue weighted by Crippen LogP contribution is -2.05. The second-order valence-electron chi connectivity index (χ2n) is 4.40. The minimum absolute atomic E-state index is 0.00416. The van der Waals surface area contributed by atoms with Crippen LogP contribution in [0.2, 0.25) is 0 Å². The standard InChI is InChI=1S/C16H16O2S/c1-12(2)18-14-7-5-13(6-8-14)16(17)10-9-15-4-3-11-19-15/h3-12H,1-2H3/b10-9+. The fourth-order valence-corrected chi connectivity index (χ4v) is 2.23. The lowest BCUT2D eigenvalue weighted by molar-refractivity contribution is 0.104. The number of ketones is 1. The lowest BCUT2D eigenvalue weighted by Gasteiger charge is -2.09. The van der Waals surface area contributed by atoms with Crippen molar-refractivity contribution in [2.75, 3.05) is 0 Å². The van der Waals surface area contributed by atoms with Gasteiger partial charge in [-0.2, -0.15) is 0 Å². The van der Waals surface area contributed by atoms with E-state index < -0.39 is 0 Å². The SMILES string of the molecule is CC(C)Oc1ccc(C(=O)/C=C/c2cccs2)cc1. The van der Waals surface area contributed by atoms with E-state index in [-0.39, 0.29) is 11.9 Å². The number of rotatable bonds is 5. The van der Waals surface area contributed by atoms with Crippen LogP contribution < -0.4 is 4.74 Å². The summed E-state index contributed by atoms with van der Waals surface area (Å²) in [7, 11) is 0. The molecule has 19 heavy (non-hydrogen) atoms. The number of hydrogen-bond acceptors (Lipinski definition) is 3. The molecule has 0 atom stereocenters. The number of carbonyl (C=O) groups is 1. The zero-order chi connectivity index (χ0) is 13.7. The summed E-state index contributed by atoms with van der Waals surface area (Å²) < 4.78 is 5.54. The van der Waals surface area contributed by atoms with Crippen molar-refractivity contribution < 1.29 is 9.53 Å². The predicted molar refractivity (Wildman–Crippen MR) is 79.9 cm³/mol. The summed E-state index contributed by atoms with van der Waals surface area (Å²) in [6.07, 6.45) is 3.58. The van der Waals surface area contributed by atoms with Crippen molar-refractivity contribution in [1.82, 2.24) is 0 Å². The fourth-order valence-electron chi connectivity index (χ4n) is 1.61. The van der Waals surface area contributed by atoms with Gasteiger partial charge < -0.3 is 4.74 Å². The molecule has 98 valence electrons. The van der Waals surface area contributed by atoms with Gasteiger partial charge in [0.2, 0.25) is 0 Å². The number of hydrogen-bond donors (Lipinski definition) is 0. The van der Waals surface area contributed by atoms with E-state index in [1.54, 1.807) is 29.5 Å². The number of ether oxygens (including phenoxy) is 1. The molecule has 0 saturated carbocycles. The average molecular weight is 272 g/mol. The molecule has 0 amide bonds. The highest BCUT2D eigenvalue weighted by atomic mass is 32.1. The van der Waals surface area contributed by atoms with E-state index in [4.69, 9.17) is 4.74 Å². The Kier molecular flexibility index (Phi) is 4.53. The Morgan fingerprint density at radius 2 is 1.95 bits per heavy atom. The largest absolute Gasteiger partial charge is 0.491 e. The first-order valence-electron chi connectivity index (χ1n) is 6.18. The zero-order valence-corrected chi connectivity index (χ0v) is 11.8. The van der Waals surface area contributed by atoms with E-state index in [2.05, 4.69) is 0 Å². The van der Waals surface area contributed by atoms with Gasteiger partial charge in [0.05, 0.1) is 6.10 Å². The third-order valence-electron chi connectivity index (χ3n) is 2.45. The summed E-state index contributed by atoms with van der Waals surface area (Å²) in [6, 6.07) is 11.2. The van der Waals surface area contributed by atoms with E-state index in [9.17, 15) is 4.79 Å². The maximum Gasteiger partial charge on any atom is 0.185 e. The normalized spacial score (nSPS) is 11.1. The molecule has 0 aliphatic rings. The van der Waals surface area contributed by atoms with Crippen LogP contribution in [0.4, 0.5) is 0 Å². The Labute approximate surface area is 117 Å². The predicted octanol–water partition coefficient (Wildman–Crippen LogP) is 4.43. The number of carbonyl (C=O) groups excluding carboxylic acids is 1. The van der Waals surface area contributed by atoms with Crippen LogP contribution in [-0.4, -0.2) is 11.9 Å². The van der Waals surface area contributed by atoms with Gasteiger partial charge in [0.15, 0.2) is 5.78 Å². The first-order valence-corrected chi connectivity index (χ1v) is 7.06. The first kappa shape index (κ1) is 13.6. The highest BCUT2D eigenvalue weighted by Crippen LogP contribution is 2.15. The van der Waals surface area contributed by atoms with Gasteiger partial charge in [-0.15, -0.1) is 11.3 Å². The van der Waals surface area contributed by atoms with Gasteiger partial charge in [-0.3, -0.25) is 4.79 Å². The second-order valence-corrected chi connectivity index (χ2v) is 5.38. The van der Waals surface area contributed by atoms with Gasteiger partial charge in [0.25, 0.3) is 0 Å². The van der Waals surface area contributed by atoms with Crippen LogP contribution in [0, 0.1) is 0 Å². The van der Waals surface area contributed by atoms with Crippen LogP contribution in [0.5, 0.6) is 5.75 Å². The highest BCUT2D eigenvalue weighted by Gasteiger charge is 2.03. The number of benzene rings is 1. The van der Waals surface area contributed by atoms with E-state index in [1.807, 2.05) is 49.6 Å². The van der Waals surface area contributed by atoms with Crippen molar-refractivity contribution >= 4 is 23.2 Å². The summed E-state index contributed by atoms with van der Waals surface area (Å²) in [6.45, 7) is 3.95. The molecule has 0 spiro atoms. The van der Waals surface area contributed by atoms with Gasteiger partial charge in [0.1, 0.15) is 5.75 Å². The fraction of sp³-hybridized carbons (Fsp3) is 0.188. The summed E-state index contributed by atoms with van der Waals surface area (Å²) in [5.74, 6) is 0.790. The summed E-state index contributed by atoms with van der Waals surface area (Å²) in [5, 5.41) is 1.99. The van der Waals surface area contributed by atoms with E-state index in [0.29, 0.717) is 5.56 Å². The van der Waals surface area contributed by atoms with Gasteiger partial charge in [0, 0.05) is 10.4 Å². The van der Waals surface area contributed by atoms with Gasteiger partial charge in [-0.25, -0.2) is 0 Å². The summed E-state index contributed by atoms with van der Waals surface area (Å²) in [5.41, 5.74) is 0.670. The molecule has 0 aliphatic heterocycles. The number of thiophene rings is 1. The van der Waals surface area contributed by atoms with Crippen molar-refractivity contribution in [2.45, 2.75) is 20.0 Å². The average Bonchev–Trinajstić information content (AvgIpc) is 2.89. The molecule has 1 aromatic carbocycles. The molecule has 0 N–H and O–H groups in total. The molecule has 0 fully saturated rings. The Hall–Kier alpha value is -1.87. The second kappa shape index (κ2) is 6.34. The van der Waals surface area contributed by atoms with Crippen molar-refractivity contribution in [3.05, 3.63) is 58.3 Å². The Bertz CT molecular complexity index is 551. The monoisotopic (exact) mass is 272 g/mol. The minimum atomic E-state index is 0.00416. The third-order valence-corrected chi connectivity index (χ3v) is 3.29. The molecule has 0 bridgehead atoms. The van der Waals surface area contributed by atoms with Gasteiger partial charge in [-0.05, 0) is 61.7 Å². The third kappa shape index (κ3) is 4.07. The van der Waals surface area contributed by atoms with Crippen LogP contribution in [0.15, 0.2) is 47.9 Å². The minimum Gasteiger partial charge on any atom is -0.491 e. The Morgan fingerprint density at radius 1 is 1.21 bits per heavy atom. The van der Waals surface area contributed by atoms with Crippen LogP contribution in [0.1, 0.15) is 29.1 Å².